The lowest BCUT2D eigenvalue weighted by Crippen LogP contribution is -2.25. The lowest BCUT2D eigenvalue weighted by Gasteiger charge is -2.27. The molecule has 1 aliphatic carbocycles. The van der Waals surface area contributed by atoms with Crippen molar-refractivity contribution in [2.24, 2.45) is 5.92 Å². The van der Waals surface area contributed by atoms with Crippen LogP contribution in [0.1, 0.15) is 44.1 Å². The summed E-state index contributed by atoms with van der Waals surface area (Å²) in [7, 11) is 0. The Kier molecular flexibility index (Phi) is 4.94. The van der Waals surface area contributed by atoms with E-state index in [1.807, 2.05) is 6.20 Å². The molecular formula is C18H26N2O. The van der Waals surface area contributed by atoms with E-state index in [9.17, 15) is 5.11 Å². The second-order valence-electron chi connectivity index (χ2n) is 6.29. The molecule has 21 heavy (non-hydrogen) atoms. The van der Waals surface area contributed by atoms with Gasteiger partial charge in [-0.05, 0) is 55.8 Å². The van der Waals surface area contributed by atoms with Gasteiger partial charge in [0.15, 0.2) is 0 Å². The molecule has 0 spiro atoms. The van der Waals surface area contributed by atoms with Gasteiger partial charge in [-0.3, -0.25) is 0 Å². The van der Waals surface area contributed by atoms with Crippen molar-refractivity contribution in [2.45, 2.75) is 51.2 Å². The normalized spacial score (nSPS) is 22.7. The van der Waals surface area contributed by atoms with Gasteiger partial charge in [-0.25, -0.2) is 0 Å². The summed E-state index contributed by atoms with van der Waals surface area (Å²) in [5, 5.41) is 14.8. The van der Waals surface area contributed by atoms with Crippen molar-refractivity contribution in [1.82, 2.24) is 10.3 Å². The predicted octanol–water partition coefficient (Wildman–Crippen LogP) is 3.59. The molecule has 3 rings (SSSR count). The van der Waals surface area contributed by atoms with Crippen LogP contribution in [0.15, 0.2) is 30.5 Å². The summed E-state index contributed by atoms with van der Waals surface area (Å²) < 4.78 is 0. The maximum atomic E-state index is 9.97. The molecule has 3 heteroatoms. The first-order valence-corrected chi connectivity index (χ1v) is 8.28. The van der Waals surface area contributed by atoms with Crippen LogP contribution in [0.5, 0.6) is 0 Å². The number of aliphatic hydroxyl groups is 1. The van der Waals surface area contributed by atoms with Gasteiger partial charge in [0, 0.05) is 23.6 Å². The first-order valence-electron chi connectivity index (χ1n) is 8.28. The van der Waals surface area contributed by atoms with Gasteiger partial charge in [-0.1, -0.05) is 25.0 Å². The summed E-state index contributed by atoms with van der Waals surface area (Å²) in [6.45, 7) is 1.95. The standard InChI is InChI=1S/C18H26N2O/c21-18-9-2-1-5-14(18)7-4-11-19-13-15-6-3-8-17-16(15)10-12-20-17/h3,6,8,10,12,14,18-21H,1-2,4-5,7,9,11,13H2. The van der Waals surface area contributed by atoms with Gasteiger partial charge in [-0.2, -0.15) is 0 Å². The summed E-state index contributed by atoms with van der Waals surface area (Å²) >= 11 is 0. The summed E-state index contributed by atoms with van der Waals surface area (Å²) in [5.74, 6) is 0.536. The minimum absolute atomic E-state index is 0.0487. The molecule has 0 amide bonds. The van der Waals surface area contributed by atoms with Crippen molar-refractivity contribution < 1.29 is 5.11 Å². The number of hydrogen-bond donors (Lipinski definition) is 3. The Bertz CT molecular complexity index is 563. The molecule has 3 N–H and O–H groups in total. The van der Waals surface area contributed by atoms with Crippen LogP contribution >= 0.6 is 0 Å². The maximum Gasteiger partial charge on any atom is 0.0568 e. The molecule has 2 aromatic rings. The van der Waals surface area contributed by atoms with Crippen molar-refractivity contribution >= 4 is 10.9 Å². The monoisotopic (exact) mass is 286 g/mol. The molecule has 3 nitrogen and oxygen atoms in total. The summed E-state index contributed by atoms with van der Waals surface area (Å²) in [6, 6.07) is 8.55. The minimum Gasteiger partial charge on any atom is -0.393 e. The number of hydrogen-bond acceptors (Lipinski definition) is 2. The van der Waals surface area contributed by atoms with E-state index in [1.165, 1.54) is 35.7 Å². The molecule has 1 fully saturated rings. The number of benzene rings is 1. The second-order valence-corrected chi connectivity index (χ2v) is 6.29. The van der Waals surface area contributed by atoms with Crippen LogP contribution in [-0.2, 0) is 6.54 Å². The van der Waals surface area contributed by atoms with E-state index >= 15 is 0 Å². The first kappa shape index (κ1) is 14.6. The molecule has 0 bridgehead atoms. The van der Waals surface area contributed by atoms with E-state index < -0.39 is 0 Å². The first-order chi connectivity index (χ1) is 10.3. The third kappa shape index (κ3) is 3.66. The van der Waals surface area contributed by atoms with Gasteiger partial charge >= 0.3 is 0 Å². The number of aromatic nitrogens is 1. The highest BCUT2D eigenvalue weighted by molar-refractivity contribution is 5.82. The quantitative estimate of drug-likeness (QED) is 0.711. The second kappa shape index (κ2) is 7.10. The molecule has 0 saturated heterocycles. The third-order valence-corrected chi connectivity index (χ3v) is 4.80. The van der Waals surface area contributed by atoms with E-state index in [0.29, 0.717) is 5.92 Å². The van der Waals surface area contributed by atoms with Crippen molar-refractivity contribution in [3.05, 3.63) is 36.0 Å². The topological polar surface area (TPSA) is 48.0 Å². The van der Waals surface area contributed by atoms with E-state index in [-0.39, 0.29) is 6.10 Å². The molecule has 1 aromatic heterocycles. The highest BCUT2D eigenvalue weighted by Crippen LogP contribution is 2.27. The third-order valence-electron chi connectivity index (χ3n) is 4.80. The highest BCUT2D eigenvalue weighted by atomic mass is 16.3. The van der Waals surface area contributed by atoms with Crippen LogP contribution in [0.2, 0.25) is 0 Å². The zero-order valence-electron chi connectivity index (χ0n) is 12.6. The zero-order valence-corrected chi connectivity index (χ0v) is 12.6. The zero-order chi connectivity index (χ0) is 14.5. The summed E-state index contributed by atoms with van der Waals surface area (Å²) in [5.41, 5.74) is 2.56. The SMILES string of the molecule is OC1CCCCC1CCCNCc1cccc2[nH]ccc12. The van der Waals surface area contributed by atoms with Crippen LogP contribution in [0.25, 0.3) is 10.9 Å². The van der Waals surface area contributed by atoms with E-state index in [0.717, 1.165) is 32.4 Å². The number of fused-ring (bicyclic) bond motifs is 1. The largest absolute Gasteiger partial charge is 0.393 e. The Morgan fingerprint density at radius 2 is 2.10 bits per heavy atom. The molecule has 1 saturated carbocycles. The van der Waals surface area contributed by atoms with Crippen LogP contribution < -0.4 is 5.32 Å². The Morgan fingerprint density at radius 1 is 1.19 bits per heavy atom. The van der Waals surface area contributed by atoms with E-state index in [1.54, 1.807) is 0 Å². The van der Waals surface area contributed by atoms with Crippen LogP contribution in [0, 0.1) is 5.92 Å². The molecular weight excluding hydrogens is 260 g/mol. The predicted molar refractivity (Wildman–Crippen MR) is 87.2 cm³/mol. The van der Waals surface area contributed by atoms with E-state index in [4.69, 9.17) is 0 Å². The van der Waals surface area contributed by atoms with Gasteiger partial charge in [0.2, 0.25) is 0 Å². The van der Waals surface area contributed by atoms with Gasteiger partial charge < -0.3 is 15.4 Å². The van der Waals surface area contributed by atoms with Gasteiger partial charge in [0.25, 0.3) is 0 Å². The van der Waals surface area contributed by atoms with Crippen molar-refractivity contribution in [2.75, 3.05) is 6.54 Å². The van der Waals surface area contributed by atoms with Gasteiger partial charge in [-0.15, -0.1) is 0 Å². The fourth-order valence-corrected chi connectivity index (χ4v) is 3.54. The van der Waals surface area contributed by atoms with E-state index in [2.05, 4.69) is 34.6 Å². The average molecular weight is 286 g/mol. The summed E-state index contributed by atoms with van der Waals surface area (Å²) in [4.78, 5) is 3.25. The molecule has 0 aliphatic heterocycles. The van der Waals surface area contributed by atoms with Crippen LogP contribution in [0.4, 0.5) is 0 Å². The van der Waals surface area contributed by atoms with Gasteiger partial charge in [0.1, 0.15) is 0 Å². The molecule has 1 heterocycles. The van der Waals surface area contributed by atoms with Crippen LogP contribution in [0.3, 0.4) is 0 Å². The fourth-order valence-electron chi connectivity index (χ4n) is 3.54. The number of rotatable bonds is 6. The fraction of sp³-hybridized carbons (Fsp3) is 0.556. The average Bonchev–Trinajstić information content (AvgIpc) is 2.98. The summed E-state index contributed by atoms with van der Waals surface area (Å²) in [6.07, 6.45) is 8.98. The van der Waals surface area contributed by atoms with Gasteiger partial charge in [0.05, 0.1) is 6.10 Å². The highest BCUT2D eigenvalue weighted by Gasteiger charge is 2.21. The number of H-pyrrole nitrogens is 1. The smallest absolute Gasteiger partial charge is 0.0568 e. The molecule has 1 aromatic carbocycles. The van der Waals surface area contributed by atoms with Crippen molar-refractivity contribution in [3.8, 4) is 0 Å². The molecule has 2 unspecified atom stereocenters. The lowest BCUT2D eigenvalue weighted by atomic mass is 9.83. The lowest BCUT2D eigenvalue weighted by molar-refractivity contribution is 0.0643. The Balaban J connectivity index is 1.41. The number of aliphatic hydroxyl groups excluding tert-OH is 1. The molecule has 114 valence electrons. The van der Waals surface area contributed by atoms with Crippen molar-refractivity contribution in [1.29, 1.82) is 0 Å². The number of aromatic amines is 1. The Morgan fingerprint density at radius 3 is 3.00 bits per heavy atom. The molecule has 1 aliphatic rings. The van der Waals surface area contributed by atoms with Crippen LogP contribution in [-0.4, -0.2) is 22.7 Å². The Labute approximate surface area is 126 Å². The number of nitrogens with one attached hydrogen (secondary N) is 2. The maximum absolute atomic E-state index is 9.97. The Hall–Kier alpha value is -1.32. The van der Waals surface area contributed by atoms with Crippen molar-refractivity contribution in [3.63, 3.8) is 0 Å². The molecule has 0 radical (unpaired) electrons. The minimum atomic E-state index is -0.0487. The molecule has 2 atom stereocenters.